The SMILES string of the molecule is CC(NC(=O)C1(NC(=O)OCC2c3ccccc3-c3ccccc32)CCOCC1)(C(=O)O)C1CC1. The number of carbonyl (C=O) groups is 3. The molecule has 3 aliphatic rings. The molecule has 8 heteroatoms. The van der Waals surface area contributed by atoms with Gasteiger partial charge in [-0.2, -0.15) is 0 Å². The number of hydrogen-bond acceptors (Lipinski definition) is 5. The number of carbonyl (C=O) groups excluding carboxylic acids is 2. The van der Waals surface area contributed by atoms with Gasteiger partial charge in [0, 0.05) is 32.0 Å². The lowest BCUT2D eigenvalue weighted by Crippen LogP contribution is -2.66. The van der Waals surface area contributed by atoms with Crippen molar-refractivity contribution in [2.45, 2.75) is 49.6 Å². The first-order valence-corrected chi connectivity index (χ1v) is 12.1. The number of carboxylic acid groups (broad SMARTS) is 1. The lowest BCUT2D eigenvalue weighted by atomic mass is 9.86. The number of aliphatic carboxylic acids is 1. The number of hydrogen-bond donors (Lipinski definition) is 3. The third kappa shape index (κ3) is 4.27. The van der Waals surface area contributed by atoms with Gasteiger partial charge in [0.25, 0.3) is 0 Å². The van der Waals surface area contributed by atoms with E-state index < -0.39 is 29.0 Å². The molecule has 1 saturated heterocycles. The van der Waals surface area contributed by atoms with Gasteiger partial charge in [0.15, 0.2) is 0 Å². The minimum absolute atomic E-state index is 0.0993. The molecule has 1 saturated carbocycles. The largest absolute Gasteiger partial charge is 0.480 e. The number of nitrogens with one attached hydrogen (secondary N) is 2. The highest BCUT2D eigenvalue weighted by Gasteiger charge is 2.52. The van der Waals surface area contributed by atoms with E-state index in [1.54, 1.807) is 0 Å². The van der Waals surface area contributed by atoms with Gasteiger partial charge in [-0.25, -0.2) is 9.59 Å². The van der Waals surface area contributed by atoms with E-state index in [1.807, 2.05) is 36.4 Å². The van der Waals surface area contributed by atoms with Crippen LogP contribution >= 0.6 is 0 Å². The topological polar surface area (TPSA) is 114 Å². The molecule has 1 aliphatic heterocycles. The fraction of sp³-hybridized carbons (Fsp3) is 0.444. The van der Waals surface area contributed by atoms with Crippen molar-refractivity contribution in [1.82, 2.24) is 10.6 Å². The molecule has 1 heterocycles. The summed E-state index contributed by atoms with van der Waals surface area (Å²) in [7, 11) is 0. The van der Waals surface area contributed by atoms with Crippen LogP contribution in [0.3, 0.4) is 0 Å². The van der Waals surface area contributed by atoms with Crippen LogP contribution in [-0.4, -0.2) is 54.0 Å². The summed E-state index contributed by atoms with van der Waals surface area (Å²) in [5.74, 6) is -1.80. The van der Waals surface area contributed by atoms with Crippen molar-refractivity contribution < 1.29 is 29.0 Å². The van der Waals surface area contributed by atoms with Crippen LogP contribution in [0.4, 0.5) is 4.79 Å². The predicted molar refractivity (Wildman–Crippen MR) is 128 cm³/mol. The Hall–Kier alpha value is -3.39. The molecule has 184 valence electrons. The third-order valence-corrected chi connectivity index (χ3v) is 7.68. The minimum Gasteiger partial charge on any atom is -0.480 e. The van der Waals surface area contributed by atoms with Gasteiger partial charge in [-0.15, -0.1) is 0 Å². The van der Waals surface area contributed by atoms with Crippen LogP contribution in [0.2, 0.25) is 0 Å². The van der Waals surface area contributed by atoms with Crippen molar-refractivity contribution in [3.05, 3.63) is 59.7 Å². The van der Waals surface area contributed by atoms with Gasteiger partial charge in [-0.05, 0) is 47.9 Å². The van der Waals surface area contributed by atoms with Crippen molar-refractivity contribution in [3.63, 3.8) is 0 Å². The van der Waals surface area contributed by atoms with E-state index in [0.717, 1.165) is 35.1 Å². The van der Waals surface area contributed by atoms with Crippen molar-refractivity contribution >= 4 is 18.0 Å². The van der Waals surface area contributed by atoms with Gasteiger partial charge in [-0.1, -0.05) is 48.5 Å². The van der Waals surface area contributed by atoms with E-state index in [4.69, 9.17) is 9.47 Å². The first-order chi connectivity index (χ1) is 16.8. The zero-order valence-corrected chi connectivity index (χ0v) is 19.7. The number of fused-ring (bicyclic) bond motifs is 3. The molecule has 0 aromatic heterocycles. The van der Waals surface area contributed by atoms with E-state index in [1.165, 1.54) is 6.92 Å². The fourth-order valence-corrected chi connectivity index (χ4v) is 5.30. The molecule has 0 bridgehead atoms. The fourth-order valence-electron chi connectivity index (χ4n) is 5.30. The number of rotatable bonds is 7. The van der Waals surface area contributed by atoms with E-state index >= 15 is 0 Å². The van der Waals surface area contributed by atoms with Crippen molar-refractivity contribution in [2.75, 3.05) is 19.8 Å². The summed E-state index contributed by atoms with van der Waals surface area (Å²) in [6, 6.07) is 16.1. The Kier molecular flexibility index (Phi) is 6.01. The van der Waals surface area contributed by atoms with E-state index in [-0.39, 0.29) is 44.5 Å². The van der Waals surface area contributed by atoms with Crippen LogP contribution in [0.25, 0.3) is 11.1 Å². The molecule has 35 heavy (non-hydrogen) atoms. The van der Waals surface area contributed by atoms with E-state index in [0.29, 0.717) is 0 Å². The zero-order chi connectivity index (χ0) is 24.6. The second-order valence-electron chi connectivity index (χ2n) is 9.88. The lowest BCUT2D eigenvalue weighted by molar-refractivity contribution is -0.150. The maximum Gasteiger partial charge on any atom is 0.408 e. The Morgan fingerprint density at radius 1 is 1.03 bits per heavy atom. The van der Waals surface area contributed by atoms with Crippen molar-refractivity contribution in [3.8, 4) is 11.1 Å². The molecule has 8 nitrogen and oxygen atoms in total. The molecule has 2 aromatic carbocycles. The average molecular weight is 479 g/mol. The molecule has 3 N–H and O–H groups in total. The summed E-state index contributed by atoms with van der Waals surface area (Å²) in [5.41, 5.74) is 1.80. The second-order valence-corrected chi connectivity index (χ2v) is 9.88. The third-order valence-electron chi connectivity index (χ3n) is 7.68. The Morgan fingerprint density at radius 2 is 1.60 bits per heavy atom. The summed E-state index contributed by atoms with van der Waals surface area (Å²) in [6.45, 7) is 2.22. The molecule has 0 radical (unpaired) electrons. The number of ether oxygens (including phenoxy) is 2. The first kappa shape index (κ1) is 23.4. The number of alkyl carbamates (subject to hydrolysis) is 1. The van der Waals surface area contributed by atoms with E-state index in [2.05, 4.69) is 22.8 Å². The van der Waals surface area contributed by atoms with Crippen LogP contribution in [-0.2, 0) is 19.1 Å². The summed E-state index contributed by atoms with van der Waals surface area (Å²) in [4.78, 5) is 38.3. The maximum atomic E-state index is 13.4. The highest BCUT2D eigenvalue weighted by molar-refractivity contribution is 5.94. The average Bonchev–Trinajstić information content (AvgIpc) is 3.67. The molecular weight excluding hydrogens is 448 g/mol. The predicted octanol–water partition coefficient (Wildman–Crippen LogP) is 3.44. The second kappa shape index (κ2) is 9.00. The van der Waals surface area contributed by atoms with Gasteiger partial charge in [-0.3, -0.25) is 4.79 Å². The maximum absolute atomic E-state index is 13.4. The number of carboxylic acids is 1. The molecule has 0 spiro atoms. The van der Waals surface area contributed by atoms with Gasteiger partial charge < -0.3 is 25.2 Å². The smallest absolute Gasteiger partial charge is 0.408 e. The quantitative estimate of drug-likeness (QED) is 0.562. The minimum atomic E-state index is -1.37. The van der Waals surface area contributed by atoms with Gasteiger partial charge in [0.05, 0.1) is 0 Å². The monoisotopic (exact) mass is 478 g/mol. The first-order valence-electron chi connectivity index (χ1n) is 12.1. The Balaban J connectivity index is 1.30. The van der Waals surface area contributed by atoms with Crippen LogP contribution in [0.5, 0.6) is 0 Å². The molecule has 1 unspecified atom stereocenters. The highest BCUT2D eigenvalue weighted by atomic mass is 16.5. The number of amides is 2. The molecule has 2 fully saturated rings. The Morgan fingerprint density at radius 3 is 2.14 bits per heavy atom. The molecule has 2 amide bonds. The molecule has 2 aromatic rings. The molecule has 1 atom stereocenters. The Bertz CT molecular complexity index is 1110. The van der Waals surface area contributed by atoms with Gasteiger partial charge in [0.2, 0.25) is 5.91 Å². The normalized spacial score (nSPS) is 20.1. The van der Waals surface area contributed by atoms with Crippen LogP contribution in [0, 0.1) is 5.92 Å². The molecule has 5 rings (SSSR count). The summed E-state index contributed by atoms with van der Waals surface area (Å²) in [5, 5.41) is 15.3. The van der Waals surface area contributed by atoms with Crippen LogP contribution < -0.4 is 10.6 Å². The summed E-state index contributed by atoms with van der Waals surface area (Å²) < 4.78 is 11.1. The van der Waals surface area contributed by atoms with Crippen LogP contribution in [0.1, 0.15) is 49.7 Å². The van der Waals surface area contributed by atoms with Crippen LogP contribution in [0.15, 0.2) is 48.5 Å². The standard InChI is InChI=1S/C27H30N2O6/c1-26(24(31)32,17-10-11-17)28-23(30)27(12-14-34-15-13-27)29-25(33)35-16-22-20-8-4-2-6-18(20)19-7-3-5-9-21(19)22/h2-9,17,22H,10-16H2,1H3,(H,28,30)(H,29,33)(H,31,32). The summed E-state index contributed by atoms with van der Waals surface area (Å²) in [6.07, 6.45) is 1.28. The van der Waals surface area contributed by atoms with Crippen molar-refractivity contribution in [2.24, 2.45) is 5.92 Å². The van der Waals surface area contributed by atoms with Gasteiger partial charge >= 0.3 is 12.1 Å². The molecular formula is C27H30N2O6. The molecule has 2 aliphatic carbocycles. The Labute approximate surface area is 204 Å². The highest BCUT2D eigenvalue weighted by Crippen LogP contribution is 2.44. The summed E-state index contributed by atoms with van der Waals surface area (Å²) >= 11 is 0. The number of benzene rings is 2. The lowest BCUT2D eigenvalue weighted by Gasteiger charge is -2.39. The van der Waals surface area contributed by atoms with Gasteiger partial charge in [0.1, 0.15) is 17.7 Å². The zero-order valence-electron chi connectivity index (χ0n) is 19.7. The van der Waals surface area contributed by atoms with Crippen molar-refractivity contribution in [1.29, 1.82) is 0 Å². The van der Waals surface area contributed by atoms with E-state index in [9.17, 15) is 19.5 Å².